The monoisotopic (exact) mass is 432 g/mol. The summed E-state index contributed by atoms with van der Waals surface area (Å²) in [5.41, 5.74) is -0.573. The van der Waals surface area contributed by atoms with Crippen molar-refractivity contribution in [2.75, 3.05) is 26.2 Å². The number of alkyl halides is 3. The fourth-order valence-electron chi connectivity index (χ4n) is 4.50. The summed E-state index contributed by atoms with van der Waals surface area (Å²) in [7, 11) is -3.91. The van der Waals surface area contributed by atoms with Gasteiger partial charge >= 0.3 is 6.18 Å². The topological polar surface area (TPSA) is 49.4 Å². The van der Waals surface area contributed by atoms with E-state index in [0.717, 1.165) is 50.4 Å². The number of aryl methyl sites for hydroxylation is 1. The van der Waals surface area contributed by atoms with Crippen LogP contribution in [0.4, 0.5) is 13.2 Å². The normalized spacial score (nSPS) is 20.8. The molecule has 4 nitrogen and oxygen atoms in total. The lowest BCUT2D eigenvalue weighted by Gasteiger charge is -2.32. The fourth-order valence-corrected chi connectivity index (χ4v) is 6.22. The molecule has 29 heavy (non-hydrogen) atoms. The maximum absolute atomic E-state index is 13.0. The summed E-state index contributed by atoms with van der Waals surface area (Å²) in [5, 5.41) is 3.38. The molecule has 0 amide bonds. The molecule has 2 saturated heterocycles. The summed E-state index contributed by atoms with van der Waals surface area (Å²) in [6, 6.07) is 2.95. The van der Waals surface area contributed by atoms with E-state index in [4.69, 9.17) is 0 Å². The first-order chi connectivity index (χ1) is 13.7. The molecule has 2 aliphatic rings. The minimum absolute atomic E-state index is 0.225. The Balaban J connectivity index is 1.55. The lowest BCUT2D eigenvalue weighted by molar-refractivity contribution is -0.137. The molecule has 2 heterocycles. The Bertz CT molecular complexity index is 782. The smallest absolute Gasteiger partial charge is 0.317 e. The van der Waals surface area contributed by atoms with Crippen LogP contribution in [0.5, 0.6) is 0 Å². The van der Waals surface area contributed by atoms with Gasteiger partial charge in [-0.3, -0.25) is 0 Å². The summed E-state index contributed by atoms with van der Waals surface area (Å²) in [4.78, 5) is -0.225. The van der Waals surface area contributed by atoms with Crippen molar-refractivity contribution in [1.29, 1.82) is 0 Å². The van der Waals surface area contributed by atoms with Crippen LogP contribution in [0.2, 0.25) is 0 Å². The van der Waals surface area contributed by atoms with Crippen LogP contribution in [0.25, 0.3) is 0 Å². The second-order valence-corrected chi connectivity index (χ2v) is 10.4. The van der Waals surface area contributed by atoms with E-state index in [0.29, 0.717) is 24.6 Å². The van der Waals surface area contributed by atoms with E-state index in [1.165, 1.54) is 36.1 Å². The van der Waals surface area contributed by atoms with Crippen LogP contribution < -0.4 is 5.32 Å². The van der Waals surface area contributed by atoms with Gasteiger partial charge in [-0.2, -0.15) is 17.5 Å². The molecule has 0 radical (unpaired) electrons. The van der Waals surface area contributed by atoms with Gasteiger partial charge in [0.2, 0.25) is 10.0 Å². The first-order valence-electron chi connectivity index (χ1n) is 10.6. The highest BCUT2D eigenvalue weighted by molar-refractivity contribution is 7.89. The molecule has 0 bridgehead atoms. The average Bonchev–Trinajstić information content (AvgIpc) is 2.68. The molecule has 1 aromatic rings. The number of nitrogens with zero attached hydrogens (tertiary/aromatic N) is 1. The zero-order valence-electron chi connectivity index (χ0n) is 17.0. The van der Waals surface area contributed by atoms with Crippen molar-refractivity contribution in [3.8, 4) is 0 Å². The fraction of sp³-hybridized carbons (Fsp3) is 0.714. The van der Waals surface area contributed by atoms with Crippen LogP contribution in [-0.2, 0) is 16.2 Å². The van der Waals surface area contributed by atoms with E-state index in [2.05, 4.69) is 5.32 Å². The van der Waals surface area contributed by atoms with Crippen molar-refractivity contribution < 1.29 is 21.6 Å². The molecule has 164 valence electrons. The number of halogens is 3. The third kappa shape index (κ3) is 5.73. The SMILES string of the molecule is Cc1ccc(C(F)(F)F)cc1S(=O)(=O)N1CCC(CCCC2CCNCC2)CC1. The van der Waals surface area contributed by atoms with Gasteiger partial charge in [0, 0.05) is 13.1 Å². The highest BCUT2D eigenvalue weighted by atomic mass is 32.2. The van der Waals surface area contributed by atoms with Crippen LogP contribution in [0.1, 0.15) is 56.1 Å². The predicted molar refractivity (Wildman–Crippen MR) is 107 cm³/mol. The van der Waals surface area contributed by atoms with Crippen LogP contribution in [-0.4, -0.2) is 38.9 Å². The molecule has 0 aromatic heterocycles. The third-order valence-electron chi connectivity index (χ3n) is 6.39. The van der Waals surface area contributed by atoms with Gasteiger partial charge < -0.3 is 5.32 Å². The third-order valence-corrected chi connectivity index (χ3v) is 8.43. The molecule has 2 aliphatic heterocycles. The van der Waals surface area contributed by atoms with Gasteiger partial charge in [0.05, 0.1) is 10.5 Å². The summed E-state index contributed by atoms with van der Waals surface area (Å²) in [6.45, 7) is 4.53. The molecule has 0 saturated carbocycles. The molecule has 8 heteroatoms. The maximum Gasteiger partial charge on any atom is 0.416 e. The minimum Gasteiger partial charge on any atom is -0.317 e. The van der Waals surface area contributed by atoms with Crippen molar-refractivity contribution in [2.45, 2.75) is 62.9 Å². The van der Waals surface area contributed by atoms with E-state index in [9.17, 15) is 21.6 Å². The van der Waals surface area contributed by atoms with Gasteiger partial charge in [-0.1, -0.05) is 25.3 Å². The zero-order chi connectivity index (χ0) is 21.1. The Morgan fingerprint density at radius 2 is 1.62 bits per heavy atom. The van der Waals surface area contributed by atoms with Crippen molar-refractivity contribution in [3.63, 3.8) is 0 Å². The molecular formula is C21H31F3N2O2S. The average molecular weight is 433 g/mol. The standard InChI is InChI=1S/C21H31F3N2O2S/c1-16-5-6-19(21(22,23)24)15-20(16)29(27,28)26-13-9-18(10-14-26)4-2-3-17-7-11-25-12-8-17/h5-6,15,17-18,25H,2-4,7-14H2,1H3. The predicted octanol–water partition coefficient (Wildman–Crippen LogP) is 4.58. The van der Waals surface area contributed by atoms with Gasteiger partial charge in [0.15, 0.2) is 0 Å². The Morgan fingerprint density at radius 1 is 1.03 bits per heavy atom. The van der Waals surface area contributed by atoms with Crippen LogP contribution in [0.15, 0.2) is 23.1 Å². The molecule has 1 N–H and O–H groups in total. The van der Waals surface area contributed by atoms with E-state index < -0.39 is 21.8 Å². The molecule has 0 aliphatic carbocycles. The van der Waals surface area contributed by atoms with Crippen LogP contribution >= 0.6 is 0 Å². The lowest BCUT2D eigenvalue weighted by atomic mass is 9.87. The largest absolute Gasteiger partial charge is 0.416 e. The Kier molecular flexibility index (Phi) is 7.27. The summed E-state index contributed by atoms with van der Waals surface area (Å²) in [6.07, 6.45) is 3.02. The van der Waals surface area contributed by atoms with Gasteiger partial charge in [-0.25, -0.2) is 8.42 Å². The number of benzene rings is 1. The lowest BCUT2D eigenvalue weighted by Crippen LogP contribution is -2.38. The van der Waals surface area contributed by atoms with E-state index in [1.54, 1.807) is 6.92 Å². The van der Waals surface area contributed by atoms with Gasteiger partial charge in [-0.15, -0.1) is 0 Å². The Hall–Kier alpha value is -1.12. The van der Waals surface area contributed by atoms with Crippen molar-refractivity contribution >= 4 is 10.0 Å². The van der Waals surface area contributed by atoms with Crippen LogP contribution in [0, 0.1) is 18.8 Å². The number of hydrogen-bond acceptors (Lipinski definition) is 3. The number of rotatable bonds is 6. The van der Waals surface area contributed by atoms with Gasteiger partial charge in [0.25, 0.3) is 0 Å². The first kappa shape index (κ1) is 22.6. The van der Waals surface area contributed by atoms with Gasteiger partial charge in [-0.05, 0) is 75.2 Å². The second kappa shape index (κ2) is 9.35. The minimum atomic E-state index is -4.56. The molecule has 0 unspecified atom stereocenters. The number of sulfonamides is 1. The first-order valence-corrected chi connectivity index (χ1v) is 12.0. The summed E-state index contributed by atoms with van der Waals surface area (Å²) >= 11 is 0. The van der Waals surface area contributed by atoms with E-state index in [1.807, 2.05) is 0 Å². The highest BCUT2D eigenvalue weighted by Crippen LogP contribution is 2.34. The number of nitrogens with one attached hydrogen (secondary N) is 1. The van der Waals surface area contributed by atoms with E-state index in [-0.39, 0.29) is 4.90 Å². The Labute approximate surface area is 171 Å². The second-order valence-electron chi connectivity index (χ2n) is 8.45. The van der Waals surface area contributed by atoms with Crippen molar-refractivity contribution in [2.24, 2.45) is 11.8 Å². The molecule has 0 spiro atoms. The van der Waals surface area contributed by atoms with Crippen molar-refractivity contribution in [3.05, 3.63) is 29.3 Å². The van der Waals surface area contributed by atoms with Gasteiger partial charge in [0.1, 0.15) is 0 Å². The molecular weight excluding hydrogens is 401 g/mol. The number of hydrogen-bond donors (Lipinski definition) is 1. The summed E-state index contributed by atoms with van der Waals surface area (Å²) in [5.74, 6) is 1.31. The molecule has 0 atom stereocenters. The summed E-state index contributed by atoms with van der Waals surface area (Å²) < 4.78 is 66.4. The molecule has 2 fully saturated rings. The molecule has 3 rings (SSSR count). The van der Waals surface area contributed by atoms with Crippen molar-refractivity contribution in [1.82, 2.24) is 9.62 Å². The number of piperidine rings is 2. The maximum atomic E-state index is 13.0. The molecule has 1 aromatic carbocycles. The quantitative estimate of drug-likeness (QED) is 0.716. The van der Waals surface area contributed by atoms with E-state index >= 15 is 0 Å². The Morgan fingerprint density at radius 3 is 2.21 bits per heavy atom. The zero-order valence-corrected chi connectivity index (χ0v) is 17.8. The van der Waals surface area contributed by atoms with Crippen LogP contribution in [0.3, 0.4) is 0 Å². The highest BCUT2D eigenvalue weighted by Gasteiger charge is 2.35.